The van der Waals surface area contributed by atoms with E-state index in [1.165, 1.54) is 6.20 Å². The molecule has 1 rings (SSSR count). The maximum absolute atomic E-state index is 10.6. The maximum Gasteiger partial charge on any atom is 0.239 e. The minimum absolute atomic E-state index is 0.164. The highest BCUT2D eigenvalue weighted by molar-refractivity contribution is 7.89. The van der Waals surface area contributed by atoms with Crippen LogP contribution in [-0.2, 0) is 10.0 Å². The van der Waals surface area contributed by atoms with Crippen LogP contribution in [-0.4, -0.2) is 30.7 Å². The second-order valence-electron chi connectivity index (χ2n) is 2.70. The lowest BCUT2D eigenvalue weighted by Gasteiger charge is -2.05. The van der Waals surface area contributed by atoms with Gasteiger partial charge in [0.15, 0.2) is 0 Å². The van der Waals surface area contributed by atoms with E-state index < -0.39 is 10.0 Å². The Bertz CT molecular complexity index is 419. The van der Waals surface area contributed by atoms with E-state index in [1.54, 1.807) is 6.07 Å². The molecule has 0 fully saturated rings. The molecule has 0 saturated carbocycles. The van der Waals surface area contributed by atoms with E-state index in [9.17, 15) is 8.42 Å². The van der Waals surface area contributed by atoms with Crippen LogP contribution in [0.2, 0.25) is 0 Å². The van der Waals surface area contributed by atoms with E-state index in [4.69, 9.17) is 11.0 Å². The van der Waals surface area contributed by atoms with Crippen molar-refractivity contribution in [2.45, 2.75) is 0 Å². The highest BCUT2D eigenvalue weighted by Crippen LogP contribution is 2.03. The van der Waals surface area contributed by atoms with E-state index in [2.05, 4.69) is 20.7 Å². The lowest BCUT2D eigenvalue weighted by molar-refractivity contribution is 0.598. The molecule has 15 heavy (non-hydrogen) atoms. The van der Waals surface area contributed by atoms with Gasteiger partial charge in [0.2, 0.25) is 16.0 Å². The van der Waals surface area contributed by atoms with Crippen LogP contribution in [0.3, 0.4) is 0 Å². The molecule has 0 spiro atoms. The fourth-order valence-electron chi connectivity index (χ4n) is 0.848. The van der Waals surface area contributed by atoms with Crippen LogP contribution >= 0.6 is 0 Å². The van der Waals surface area contributed by atoms with E-state index in [0.29, 0.717) is 5.82 Å². The summed E-state index contributed by atoms with van der Waals surface area (Å²) in [5, 5.41) is 7.59. The molecule has 0 radical (unpaired) electrons. The summed E-state index contributed by atoms with van der Waals surface area (Å²) in [6.07, 6.45) is 1.49. The number of hydrogen-bond acceptors (Lipinski definition) is 7. The number of primary sulfonamides is 1. The van der Waals surface area contributed by atoms with E-state index in [1.807, 2.05) is 0 Å². The van der Waals surface area contributed by atoms with Crippen LogP contribution in [0.15, 0.2) is 12.3 Å². The number of nitrogens with two attached hydrogens (primary N) is 2. The highest BCUT2D eigenvalue weighted by Gasteiger charge is 2.02. The van der Waals surface area contributed by atoms with Gasteiger partial charge in [-0.2, -0.15) is 4.98 Å². The average Bonchev–Trinajstić information content (AvgIpc) is 2.16. The molecule has 0 unspecified atom stereocenters. The van der Waals surface area contributed by atoms with Gasteiger partial charge in [-0.15, -0.1) is 0 Å². The third-order valence-electron chi connectivity index (χ3n) is 1.48. The SMILES string of the molecule is NNc1nccc(NCCS(N)(=O)=O)n1. The summed E-state index contributed by atoms with van der Waals surface area (Å²) in [6, 6.07) is 1.59. The van der Waals surface area contributed by atoms with Crippen molar-refractivity contribution in [2.24, 2.45) is 11.0 Å². The monoisotopic (exact) mass is 232 g/mol. The number of nitrogens with zero attached hydrogens (tertiary/aromatic N) is 2. The first-order valence-corrected chi connectivity index (χ1v) is 5.77. The van der Waals surface area contributed by atoms with Crippen molar-refractivity contribution < 1.29 is 8.42 Å². The van der Waals surface area contributed by atoms with Crippen LogP contribution in [0.25, 0.3) is 0 Å². The average molecular weight is 232 g/mol. The lowest BCUT2D eigenvalue weighted by Crippen LogP contribution is -2.22. The van der Waals surface area contributed by atoms with Crippen molar-refractivity contribution in [1.29, 1.82) is 0 Å². The first-order chi connectivity index (χ1) is 7.01. The van der Waals surface area contributed by atoms with E-state index >= 15 is 0 Å². The van der Waals surface area contributed by atoms with Crippen molar-refractivity contribution in [3.8, 4) is 0 Å². The van der Waals surface area contributed by atoms with Gasteiger partial charge in [-0.3, -0.25) is 5.43 Å². The minimum Gasteiger partial charge on any atom is -0.369 e. The van der Waals surface area contributed by atoms with Gasteiger partial charge < -0.3 is 5.32 Å². The fraction of sp³-hybridized carbons (Fsp3) is 0.333. The van der Waals surface area contributed by atoms with Crippen LogP contribution < -0.4 is 21.7 Å². The summed E-state index contributed by atoms with van der Waals surface area (Å²) < 4.78 is 21.2. The molecular formula is C6H12N6O2S. The van der Waals surface area contributed by atoms with E-state index in [-0.39, 0.29) is 18.2 Å². The van der Waals surface area contributed by atoms with Crippen LogP contribution in [0.1, 0.15) is 0 Å². The Kier molecular flexibility index (Phi) is 3.77. The van der Waals surface area contributed by atoms with Crippen LogP contribution in [0.4, 0.5) is 11.8 Å². The topological polar surface area (TPSA) is 136 Å². The van der Waals surface area contributed by atoms with Gasteiger partial charge in [0, 0.05) is 12.7 Å². The Morgan fingerprint density at radius 2 is 2.20 bits per heavy atom. The minimum atomic E-state index is -3.46. The number of nitrogen functional groups attached to an aromatic ring is 1. The van der Waals surface area contributed by atoms with E-state index in [0.717, 1.165) is 0 Å². The summed E-state index contributed by atoms with van der Waals surface area (Å²) in [7, 11) is -3.46. The van der Waals surface area contributed by atoms with Crippen molar-refractivity contribution in [2.75, 3.05) is 23.0 Å². The smallest absolute Gasteiger partial charge is 0.239 e. The molecule has 0 atom stereocenters. The predicted octanol–water partition coefficient (Wildman–Crippen LogP) is -1.54. The summed E-state index contributed by atoms with van der Waals surface area (Å²) in [5.74, 6) is 5.65. The zero-order valence-electron chi connectivity index (χ0n) is 7.84. The Morgan fingerprint density at radius 1 is 1.47 bits per heavy atom. The Balaban J connectivity index is 2.51. The van der Waals surface area contributed by atoms with Gasteiger partial charge >= 0.3 is 0 Å². The molecule has 1 aromatic heterocycles. The number of aromatic nitrogens is 2. The van der Waals surface area contributed by atoms with Crippen LogP contribution in [0, 0.1) is 0 Å². The molecule has 0 aliphatic heterocycles. The molecule has 9 heteroatoms. The van der Waals surface area contributed by atoms with Gasteiger partial charge in [0.1, 0.15) is 5.82 Å². The van der Waals surface area contributed by atoms with Crippen molar-refractivity contribution >= 4 is 21.8 Å². The second-order valence-corrected chi connectivity index (χ2v) is 4.44. The molecule has 0 aromatic carbocycles. The molecule has 0 amide bonds. The van der Waals surface area contributed by atoms with Gasteiger partial charge in [-0.05, 0) is 6.07 Å². The van der Waals surface area contributed by atoms with Crippen molar-refractivity contribution in [3.05, 3.63) is 12.3 Å². The van der Waals surface area contributed by atoms with Gasteiger partial charge in [-0.1, -0.05) is 0 Å². The normalized spacial score (nSPS) is 11.1. The molecule has 0 bridgehead atoms. The summed E-state index contributed by atoms with van der Waals surface area (Å²) >= 11 is 0. The molecule has 0 aliphatic rings. The van der Waals surface area contributed by atoms with Gasteiger partial charge in [-0.25, -0.2) is 24.4 Å². The zero-order chi connectivity index (χ0) is 11.3. The standard InChI is InChI=1S/C6H12N6O2S/c7-12-6-10-2-1-5(11-6)9-3-4-15(8,13)14/h1-2H,3-4,7H2,(H2,8,13,14)(H2,9,10,11,12). The number of rotatable bonds is 5. The third kappa shape index (κ3) is 4.54. The van der Waals surface area contributed by atoms with Crippen molar-refractivity contribution in [3.63, 3.8) is 0 Å². The molecule has 1 heterocycles. The first-order valence-electron chi connectivity index (χ1n) is 4.05. The number of hydrazine groups is 1. The largest absolute Gasteiger partial charge is 0.369 e. The molecule has 84 valence electrons. The molecule has 0 aliphatic carbocycles. The number of hydrogen-bond donors (Lipinski definition) is 4. The summed E-state index contributed by atoms with van der Waals surface area (Å²) in [4.78, 5) is 7.70. The molecular weight excluding hydrogens is 220 g/mol. The maximum atomic E-state index is 10.6. The number of sulfonamides is 1. The highest BCUT2D eigenvalue weighted by atomic mass is 32.2. The van der Waals surface area contributed by atoms with Crippen molar-refractivity contribution in [1.82, 2.24) is 9.97 Å². The predicted molar refractivity (Wildman–Crippen MR) is 56.3 cm³/mol. The fourth-order valence-corrected chi connectivity index (χ4v) is 1.23. The molecule has 8 nitrogen and oxygen atoms in total. The second kappa shape index (κ2) is 4.87. The number of nitrogens with one attached hydrogen (secondary N) is 2. The third-order valence-corrected chi connectivity index (χ3v) is 2.25. The lowest BCUT2D eigenvalue weighted by atomic mass is 10.5. The first kappa shape index (κ1) is 11.6. The van der Waals surface area contributed by atoms with Gasteiger partial charge in [0.25, 0.3) is 0 Å². The van der Waals surface area contributed by atoms with Crippen LogP contribution in [0.5, 0.6) is 0 Å². The Morgan fingerprint density at radius 3 is 2.80 bits per heavy atom. The Labute approximate surface area is 87.1 Å². The molecule has 1 aromatic rings. The van der Waals surface area contributed by atoms with Gasteiger partial charge in [0.05, 0.1) is 5.75 Å². The molecule has 0 saturated heterocycles. The summed E-state index contributed by atoms with van der Waals surface area (Å²) in [5.41, 5.74) is 2.27. The molecule has 6 N–H and O–H groups in total. The number of anilines is 2. The summed E-state index contributed by atoms with van der Waals surface area (Å²) in [6.45, 7) is 0.180. The zero-order valence-corrected chi connectivity index (χ0v) is 8.66. The Hall–Kier alpha value is -1.45. The quantitative estimate of drug-likeness (QED) is 0.357.